The Kier molecular flexibility index (Phi) is 4.56. The molecule has 0 aliphatic carbocycles. The molecule has 1 rings (SSSR count). The van der Waals surface area contributed by atoms with E-state index in [1.54, 1.807) is 11.9 Å². The first-order valence-corrected chi connectivity index (χ1v) is 6.09. The van der Waals surface area contributed by atoms with Gasteiger partial charge in [0.05, 0.1) is 6.54 Å². The van der Waals surface area contributed by atoms with Gasteiger partial charge in [0.1, 0.15) is 5.60 Å². The van der Waals surface area contributed by atoms with Crippen LogP contribution in [0.2, 0.25) is 0 Å². The average Bonchev–Trinajstić information content (AvgIpc) is 2.61. The van der Waals surface area contributed by atoms with Crippen LogP contribution in [-0.4, -0.2) is 65.3 Å². The van der Waals surface area contributed by atoms with Gasteiger partial charge in [-0.3, -0.25) is 9.69 Å². The monoisotopic (exact) mass is 258 g/mol. The topological polar surface area (TPSA) is 70.1 Å². The van der Waals surface area contributed by atoms with Crippen molar-refractivity contribution in [2.24, 2.45) is 0 Å². The van der Waals surface area contributed by atoms with Crippen molar-refractivity contribution in [2.45, 2.75) is 38.8 Å². The summed E-state index contributed by atoms with van der Waals surface area (Å²) in [6, 6.07) is 0.0270. The van der Waals surface area contributed by atoms with Gasteiger partial charge in [-0.05, 0) is 27.2 Å². The lowest BCUT2D eigenvalue weighted by molar-refractivity contribution is -0.138. The minimum Gasteiger partial charge on any atom is -0.480 e. The Bertz CT molecular complexity index is 325. The second-order valence-corrected chi connectivity index (χ2v) is 5.66. The van der Waals surface area contributed by atoms with Crippen LogP contribution >= 0.6 is 0 Å². The van der Waals surface area contributed by atoms with E-state index in [9.17, 15) is 9.59 Å². The summed E-state index contributed by atoms with van der Waals surface area (Å²) in [7, 11) is 1.70. The highest BCUT2D eigenvalue weighted by Crippen LogP contribution is 2.17. The molecule has 6 heteroatoms. The molecule has 0 bridgehead atoms. The Hall–Kier alpha value is -1.30. The number of likely N-dealkylation sites (N-methyl/N-ethyl adjacent to an activating group) is 1. The van der Waals surface area contributed by atoms with Crippen LogP contribution in [0.5, 0.6) is 0 Å². The lowest BCUT2D eigenvalue weighted by Crippen LogP contribution is -2.42. The minimum atomic E-state index is -0.837. The third kappa shape index (κ3) is 4.52. The first-order chi connectivity index (χ1) is 8.19. The highest BCUT2D eigenvalue weighted by atomic mass is 16.6. The number of hydrogen-bond acceptors (Lipinski definition) is 4. The van der Waals surface area contributed by atoms with Crippen LogP contribution < -0.4 is 0 Å². The Morgan fingerprint density at radius 3 is 2.56 bits per heavy atom. The molecular formula is C12H22N2O4. The number of likely N-dealkylation sites (tertiary alicyclic amines) is 1. The fraction of sp³-hybridized carbons (Fsp3) is 0.833. The van der Waals surface area contributed by atoms with Crippen LogP contribution in [0, 0.1) is 0 Å². The van der Waals surface area contributed by atoms with Gasteiger partial charge < -0.3 is 14.7 Å². The van der Waals surface area contributed by atoms with Crippen LogP contribution in [0.3, 0.4) is 0 Å². The Balaban J connectivity index is 2.46. The van der Waals surface area contributed by atoms with Crippen molar-refractivity contribution in [2.75, 3.05) is 26.7 Å². The molecule has 0 radical (unpaired) electrons. The number of nitrogens with zero attached hydrogens (tertiary/aromatic N) is 2. The first-order valence-electron chi connectivity index (χ1n) is 6.09. The molecule has 1 atom stereocenters. The fourth-order valence-corrected chi connectivity index (χ4v) is 1.95. The molecule has 1 aliphatic heterocycles. The van der Waals surface area contributed by atoms with Crippen molar-refractivity contribution in [1.82, 2.24) is 9.80 Å². The predicted octanol–water partition coefficient (Wildman–Crippen LogP) is 1.01. The molecule has 0 saturated carbocycles. The molecule has 0 aromatic rings. The van der Waals surface area contributed by atoms with E-state index in [0.29, 0.717) is 13.1 Å². The van der Waals surface area contributed by atoms with Crippen LogP contribution in [0.15, 0.2) is 0 Å². The lowest BCUT2D eigenvalue weighted by atomic mass is 10.2. The zero-order chi connectivity index (χ0) is 13.9. The normalized spacial score (nSPS) is 20.8. The predicted molar refractivity (Wildman–Crippen MR) is 66.5 cm³/mol. The van der Waals surface area contributed by atoms with Gasteiger partial charge in [-0.25, -0.2) is 4.79 Å². The van der Waals surface area contributed by atoms with Crippen molar-refractivity contribution >= 4 is 12.1 Å². The molecule has 1 saturated heterocycles. The molecule has 104 valence electrons. The molecule has 0 spiro atoms. The number of amides is 1. The highest BCUT2D eigenvalue weighted by Gasteiger charge is 2.31. The quantitative estimate of drug-likeness (QED) is 0.818. The maximum atomic E-state index is 11.8. The van der Waals surface area contributed by atoms with Crippen molar-refractivity contribution in [3.63, 3.8) is 0 Å². The van der Waals surface area contributed by atoms with Crippen LogP contribution in [-0.2, 0) is 9.53 Å². The van der Waals surface area contributed by atoms with Gasteiger partial charge in [-0.15, -0.1) is 0 Å². The zero-order valence-electron chi connectivity index (χ0n) is 11.5. The molecule has 18 heavy (non-hydrogen) atoms. The SMILES string of the molecule is CN(C(=O)OC(C)(C)C)[C@@H]1CCN(CC(=O)O)C1. The molecular weight excluding hydrogens is 236 g/mol. The van der Waals surface area contributed by atoms with E-state index in [4.69, 9.17) is 9.84 Å². The highest BCUT2D eigenvalue weighted by molar-refractivity contribution is 5.69. The number of rotatable bonds is 3. The standard InChI is InChI=1S/C12H22N2O4/c1-12(2,3)18-11(17)13(4)9-5-6-14(7-9)8-10(15)16/h9H,5-8H2,1-4H3,(H,15,16)/t9-/m1/s1. The molecule has 0 aromatic carbocycles. The van der Waals surface area contributed by atoms with Crippen LogP contribution in [0.4, 0.5) is 4.79 Å². The van der Waals surface area contributed by atoms with Crippen molar-refractivity contribution < 1.29 is 19.4 Å². The molecule has 1 fully saturated rings. The van der Waals surface area contributed by atoms with Crippen LogP contribution in [0.1, 0.15) is 27.2 Å². The molecule has 1 N–H and O–H groups in total. The average molecular weight is 258 g/mol. The lowest BCUT2D eigenvalue weighted by Gasteiger charge is -2.28. The number of carbonyl (C=O) groups is 2. The Morgan fingerprint density at radius 1 is 1.44 bits per heavy atom. The maximum Gasteiger partial charge on any atom is 0.410 e. The van der Waals surface area contributed by atoms with Gasteiger partial charge in [-0.1, -0.05) is 0 Å². The number of aliphatic carboxylic acids is 1. The molecule has 0 aromatic heterocycles. The summed E-state index contributed by atoms with van der Waals surface area (Å²) in [4.78, 5) is 25.8. The minimum absolute atomic E-state index is 0.0264. The van der Waals surface area contributed by atoms with Gasteiger partial charge in [0.25, 0.3) is 0 Å². The fourth-order valence-electron chi connectivity index (χ4n) is 1.95. The molecule has 0 unspecified atom stereocenters. The van der Waals surface area contributed by atoms with E-state index in [0.717, 1.165) is 6.42 Å². The van der Waals surface area contributed by atoms with E-state index in [1.165, 1.54) is 0 Å². The second-order valence-electron chi connectivity index (χ2n) is 5.66. The molecule has 6 nitrogen and oxygen atoms in total. The van der Waals surface area contributed by atoms with E-state index >= 15 is 0 Å². The van der Waals surface area contributed by atoms with E-state index < -0.39 is 11.6 Å². The smallest absolute Gasteiger partial charge is 0.410 e. The summed E-state index contributed by atoms with van der Waals surface area (Å²) >= 11 is 0. The second kappa shape index (κ2) is 5.56. The maximum absolute atomic E-state index is 11.8. The third-order valence-corrected chi connectivity index (χ3v) is 2.84. The Morgan fingerprint density at radius 2 is 2.06 bits per heavy atom. The van der Waals surface area contributed by atoms with E-state index in [1.807, 2.05) is 25.7 Å². The molecule has 1 heterocycles. The van der Waals surface area contributed by atoms with Gasteiger partial charge in [0.2, 0.25) is 0 Å². The van der Waals surface area contributed by atoms with Gasteiger partial charge in [0.15, 0.2) is 0 Å². The van der Waals surface area contributed by atoms with Crippen molar-refractivity contribution in [1.29, 1.82) is 0 Å². The number of hydrogen-bond donors (Lipinski definition) is 1. The van der Waals surface area contributed by atoms with E-state index in [2.05, 4.69) is 0 Å². The van der Waals surface area contributed by atoms with Crippen molar-refractivity contribution in [3.05, 3.63) is 0 Å². The summed E-state index contributed by atoms with van der Waals surface area (Å²) < 4.78 is 5.28. The summed E-state index contributed by atoms with van der Waals surface area (Å²) in [6.07, 6.45) is 0.424. The van der Waals surface area contributed by atoms with E-state index in [-0.39, 0.29) is 18.7 Å². The van der Waals surface area contributed by atoms with Crippen molar-refractivity contribution in [3.8, 4) is 0 Å². The first kappa shape index (κ1) is 14.8. The number of carboxylic acid groups (broad SMARTS) is 1. The van der Waals surface area contributed by atoms with Gasteiger partial charge in [0, 0.05) is 26.2 Å². The Labute approximate surface area is 107 Å². The largest absolute Gasteiger partial charge is 0.480 e. The van der Waals surface area contributed by atoms with Gasteiger partial charge in [-0.2, -0.15) is 0 Å². The zero-order valence-corrected chi connectivity index (χ0v) is 11.5. The number of carbonyl (C=O) groups excluding carboxylic acids is 1. The summed E-state index contributed by atoms with van der Waals surface area (Å²) in [6.45, 7) is 6.78. The third-order valence-electron chi connectivity index (χ3n) is 2.84. The van der Waals surface area contributed by atoms with Gasteiger partial charge >= 0.3 is 12.1 Å². The molecule has 1 aliphatic rings. The summed E-state index contributed by atoms with van der Waals surface area (Å²) in [5, 5.41) is 8.71. The van der Waals surface area contributed by atoms with Crippen LogP contribution in [0.25, 0.3) is 0 Å². The molecule has 1 amide bonds. The number of carboxylic acids is 1. The summed E-state index contributed by atoms with van der Waals surface area (Å²) in [5.74, 6) is -0.837. The number of ether oxygens (including phenoxy) is 1. The summed E-state index contributed by atoms with van der Waals surface area (Å²) in [5.41, 5.74) is -0.509.